The van der Waals surface area contributed by atoms with E-state index >= 15 is 0 Å². The van der Waals surface area contributed by atoms with Gasteiger partial charge in [-0.2, -0.15) is 0 Å². The number of esters is 1. The van der Waals surface area contributed by atoms with Crippen LogP contribution < -0.4 is 0 Å². The summed E-state index contributed by atoms with van der Waals surface area (Å²) in [7, 11) is 1.34. The van der Waals surface area contributed by atoms with E-state index in [9.17, 15) is 9.59 Å². The Balaban J connectivity index is 1.62. The van der Waals surface area contributed by atoms with Crippen LogP contribution in [0.4, 0.5) is 0 Å². The largest absolute Gasteiger partial charge is 0.463 e. The predicted octanol–water partition coefficient (Wildman–Crippen LogP) is 2.41. The van der Waals surface area contributed by atoms with Gasteiger partial charge in [-0.25, -0.2) is 4.79 Å². The van der Waals surface area contributed by atoms with E-state index in [-0.39, 0.29) is 11.7 Å². The summed E-state index contributed by atoms with van der Waals surface area (Å²) in [6, 6.07) is 11.2. The van der Waals surface area contributed by atoms with Gasteiger partial charge >= 0.3 is 5.97 Å². The topological polar surface area (TPSA) is 63.0 Å². The molecule has 132 valence electrons. The van der Waals surface area contributed by atoms with Crippen LogP contribution in [0.25, 0.3) is 0 Å². The lowest BCUT2D eigenvalue weighted by Crippen LogP contribution is -2.35. The van der Waals surface area contributed by atoms with E-state index in [1.807, 2.05) is 35.2 Å². The minimum Gasteiger partial charge on any atom is -0.463 e. The minimum atomic E-state index is -0.462. The van der Waals surface area contributed by atoms with Gasteiger partial charge in [0.2, 0.25) is 5.76 Å². The summed E-state index contributed by atoms with van der Waals surface area (Å²) in [5.74, 6) is -0.138. The maximum atomic E-state index is 12.6. The van der Waals surface area contributed by atoms with E-state index in [0.29, 0.717) is 13.1 Å². The van der Waals surface area contributed by atoms with Crippen molar-refractivity contribution in [3.8, 4) is 0 Å². The Morgan fingerprint density at radius 3 is 2.64 bits per heavy atom. The first kappa shape index (κ1) is 17.2. The normalized spacial score (nSPS) is 15.6. The Morgan fingerprint density at radius 1 is 1.08 bits per heavy atom. The summed E-state index contributed by atoms with van der Waals surface area (Å²) >= 11 is 0. The highest BCUT2D eigenvalue weighted by Gasteiger charge is 2.22. The van der Waals surface area contributed by atoms with Crippen molar-refractivity contribution in [3.05, 3.63) is 59.5 Å². The van der Waals surface area contributed by atoms with Crippen LogP contribution in [0.1, 0.15) is 32.9 Å². The van der Waals surface area contributed by atoms with E-state index in [0.717, 1.165) is 37.2 Å². The number of nitrogens with zero attached hydrogens (tertiary/aromatic N) is 2. The molecule has 0 unspecified atom stereocenters. The van der Waals surface area contributed by atoms with Crippen LogP contribution in [0.3, 0.4) is 0 Å². The molecule has 1 aromatic carbocycles. The smallest absolute Gasteiger partial charge is 0.374 e. The molecule has 1 fully saturated rings. The summed E-state index contributed by atoms with van der Waals surface area (Å²) in [4.78, 5) is 28.4. The number of methoxy groups -OCH3 is 1. The van der Waals surface area contributed by atoms with Gasteiger partial charge in [-0.15, -0.1) is 0 Å². The molecule has 1 aromatic heterocycles. The van der Waals surface area contributed by atoms with Gasteiger partial charge in [0.25, 0.3) is 5.91 Å². The Hall–Kier alpha value is -2.60. The number of hydrogen-bond donors (Lipinski definition) is 0. The van der Waals surface area contributed by atoms with Crippen LogP contribution in [0.15, 0.2) is 47.1 Å². The molecule has 0 spiro atoms. The summed E-state index contributed by atoms with van der Waals surface area (Å²) in [6.45, 7) is 3.63. The average molecular weight is 342 g/mol. The molecule has 0 aliphatic carbocycles. The van der Waals surface area contributed by atoms with Gasteiger partial charge in [0.1, 0.15) is 0 Å². The summed E-state index contributed by atoms with van der Waals surface area (Å²) < 4.78 is 9.98. The number of furan rings is 1. The molecule has 1 aliphatic rings. The second-order valence-electron chi connectivity index (χ2n) is 6.05. The van der Waals surface area contributed by atoms with E-state index in [2.05, 4.69) is 4.90 Å². The van der Waals surface area contributed by atoms with Crippen LogP contribution in [-0.2, 0) is 11.3 Å². The molecule has 0 N–H and O–H groups in total. The molecule has 1 saturated heterocycles. The van der Waals surface area contributed by atoms with E-state index in [1.165, 1.54) is 13.4 Å². The van der Waals surface area contributed by atoms with E-state index in [4.69, 9.17) is 9.15 Å². The number of hydrogen-bond acceptors (Lipinski definition) is 5. The first-order valence-electron chi connectivity index (χ1n) is 8.40. The fourth-order valence-corrected chi connectivity index (χ4v) is 3.07. The Kier molecular flexibility index (Phi) is 5.50. The number of carbonyl (C=O) groups is 2. The third kappa shape index (κ3) is 4.09. The van der Waals surface area contributed by atoms with Crippen molar-refractivity contribution in [2.24, 2.45) is 0 Å². The standard InChI is InChI=1S/C19H22N2O4/c1-24-19(23)17-16(8-13-25-17)14-20-9-5-10-21(12-11-20)18(22)15-6-3-2-4-7-15/h2-4,6-8,13H,5,9-12,14H2,1H3. The van der Waals surface area contributed by atoms with Gasteiger partial charge in [0, 0.05) is 43.9 Å². The van der Waals surface area contributed by atoms with Crippen LogP contribution in [-0.4, -0.2) is 55.0 Å². The molecule has 3 rings (SSSR count). The second-order valence-corrected chi connectivity index (χ2v) is 6.05. The van der Waals surface area contributed by atoms with Gasteiger partial charge in [-0.05, 0) is 24.6 Å². The fraction of sp³-hybridized carbons (Fsp3) is 0.368. The maximum Gasteiger partial charge on any atom is 0.374 e. The highest BCUT2D eigenvalue weighted by Crippen LogP contribution is 2.16. The first-order valence-corrected chi connectivity index (χ1v) is 8.40. The molecule has 0 bridgehead atoms. The Labute approximate surface area is 147 Å². The summed E-state index contributed by atoms with van der Waals surface area (Å²) in [5.41, 5.74) is 1.54. The van der Waals surface area contributed by atoms with Crippen molar-refractivity contribution in [1.29, 1.82) is 0 Å². The summed E-state index contributed by atoms with van der Waals surface area (Å²) in [5, 5.41) is 0. The molecule has 1 aliphatic heterocycles. The maximum absolute atomic E-state index is 12.6. The fourth-order valence-electron chi connectivity index (χ4n) is 3.07. The van der Waals surface area contributed by atoms with Gasteiger partial charge in [0.05, 0.1) is 13.4 Å². The molecular weight excluding hydrogens is 320 g/mol. The van der Waals surface area contributed by atoms with Gasteiger partial charge in [-0.3, -0.25) is 9.69 Å². The summed E-state index contributed by atoms with van der Waals surface area (Å²) in [6.07, 6.45) is 2.40. The van der Waals surface area contributed by atoms with E-state index < -0.39 is 5.97 Å². The average Bonchev–Trinajstić information content (AvgIpc) is 2.98. The zero-order chi connectivity index (χ0) is 17.6. The number of carbonyl (C=O) groups excluding carboxylic acids is 2. The molecule has 25 heavy (non-hydrogen) atoms. The molecule has 6 nitrogen and oxygen atoms in total. The lowest BCUT2D eigenvalue weighted by Gasteiger charge is -2.22. The molecule has 0 radical (unpaired) electrons. The number of benzene rings is 1. The molecule has 1 amide bonds. The molecule has 2 aromatic rings. The highest BCUT2D eigenvalue weighted by molar-refractivity contribution is 5.94. The first-order chi connectivity index (χ1) is 12.2. The zero-order valence-corrected chi connectivity index (χ0v) is 14.3. The third-order valence-electron chi connectivity index (χ3n) is 4.41. The predicted molar refractivity (Wildman–Crippen MR) is 92.3 cm³/mol. The van der Waals surface area contributed by atoms with Crippen molar-refractivity contribution in [1.82, 2.24) is 9.80 Å². The Morgan fingerprint density at radius 2 is 1.88 bits per heavy atom. The van der Waals surface area contributed by atoms with E-state index in [1.54, 1.807) is 6.07 Å². The van der Waals surface area contributed by atoms with Crippen LogP contribution in [0.5, 0.6) is 0 Å². The van der Waals surface area contributed by atoms with Gasteiger partial charge in [0.15, 0.2) is 0 Å². The lowest BCUT2D eigenvalue weighted by molar-refractivity contribution is 0.0561. The monoisotopic (exact) mass is 342 g/mol. The van der Waals surface area contributed by atoms with Crippen molar-refractivity contribution in [2.45, 2.75) is 13.0 Å². The van der Waals surface area contributed by atoms with Gasteiger partial charge < -0.3 is 14.1 Å². The van der Waals surface area contributed by atoms with Crippen LogP contribution in [0.2, 0.25) is 0 Å². The SMILES string of the molecule is COC(=O)c1occc1CN1CCCN(C(=O)c2ccccc2)CC1. The minimum absolute atomic E-state index is 0.0704. The van der Waals surface area contributed by atoms with Crippen molar-refractivity contribution < 1.29 is 18.7 Å². The van der Waals surface area contributed by atoms with Crippen molar-refractivity contribution in [2.75, 3.05) is 33.3 Å². The quantitative estimate of drug-likeness (QED) is 0.799. The van der Waals surface area contributed by atoms with Crippen molar-refractivity contribution in [3.63, 3.8) is 0 Å². The van der Waals surface area contributed by atoms with Crippen LogP contribution >= 0.6 is 0 Å². The number of ether oxygens (including phenoxy) is 1. The Bertz CT molecular complexity index is 726. The molecular formula is C19H22N2O4. The number of rotatable bonds is 4. The molecule has 6 heteroatoms. The molecule has 2 heterocycles. The van der Waals surface area contributed by atoms with Crippen LogP contribution in [0, 0.1) is 0 Å². The molecule has 0 saturated carbocycles. The van der Waals surface area contributed by atoms with Gasteiger partial charge in [-0.1, -0.05) is 18.2 Å². The molecule has 0 atom stereocenters. The highest BCUT2D eigenvalue weighted by atomic mass is 16.5. The zero-order valence-electron chi connectivity index (χ0n) is 14.3. The lowest BCUT2D eigenvalue weighted by atomic mass is 10.2. The third-order valence-corrected chi connectivity index (χ3v) is 4.41. The second kappa shape index (κ2) is 7.98. The van der Waals surface area contributed by atoms with Crippen molar-refractivity contribution >= 4 is 11.9 Å². The number of amides is 1.